The molecule has 0 fully saturated rings. The quantitative estimate of drug-likeness (QED) is 0.283. The van der Waals surface area contributed by atoms with Crippen LogP contribution in [0.25, 0.3) is 10.8 Å². The van der Waals surface area contributed by atoms with E-state index in [4.69, 9.17) is 14.0 Å². The number of nitrogens with one attached hydrogen (secondary N) is 1. The second-order valence-electron chi connectivity index (χ2n) is 8.38. The van der Waals surface area contributed by atoms with Crippen molar-refractivity contribution in [2.24, 2.45) is 0 Å². The fourth-order valence-electron chi connectivity index (χ4n) is 3.88. The lowest BCUT2D eigenvalue weighted by Crippen LogP contribution is -2.14. The zero-order valence-electron chi connectivity index (χ0n) is 20.0. The molecule has 2 heterocycles. The highest BCUT2D eigenvalue weighted by Gasteiger charge is 2.17. The third-order valence-corrected chi connectivity index (χ3v) is 5.85. The van der Waals surface area contributed by atoms with Crippen molar-refractivity contribution in [2.45, 2.75) is 27.1 Å². The minimum Gasteiger partial charge on any atom is -0.488 e. The molecule has 7 nitrogen and oxygen atoms in total. The van der Waals surface area contributed by atoms with Gasteiger partial charge in [0.05, 0.1) is 22.5 Å². The van der Waals surface area contributed by atoms with E-state index in [2.05, 4.69) is 15.5 Å². The molecule has 180 valence electrons. The zero-order valence-corrected chi connectivity index (χ0v) is 20.0. The van der Waals surface area contributed by atoms with Crippen LogP contribution in [0, 0.1) is 13.8 Å². The van der Waals surface area contributed by atoms with E-state index in [1.165, 1.54) is 0 Å². The summed E-state index contributed by atoms with van der Waals surface area (Å²) in [4.78, 5) is 17.7. The third-order valence-electron chi connectivity index (χ3n) is 5.85. The van der Waals surface area contributed by atoms with Crippen molar-refractivity contribution < 1.29 is 18.8 Å². The maximum atomic E-state index is 13.4. The number of benzene rings is 3. The first-order valence-corrected chi connectivity index (χ1v) is 11.6. The molecular weight excluding hydrogens is 454 g/mol. The van der Waals surface area contributed by atoms with Crippen LogP contribution in [0.15, 0.2) is 89.6 Å². The summed E-state index contributed by atoms with van der Waals surface area (Å²) in [5.41, 5.74) is 3.50. The fraction of sp³-hybridized carbons (Fsp3) is 0.138. The fourth-order valence-corrected chi connectivity index (χ4v) is 3.88. The first kappa shape index (κ1) is 23.1. The van der Waals surface area contributed by atoms with Crippen molar-refractivity contribution in [1.82, 2.24) is 10.1 Å². The molecule has 0 radical (unpaired) electrons. The molecule has 0 aliphatic rings. The molecule has 0 atom stereocenters. The van der Waals surface area contributed by atoms with E-state index in [1.54, 1.807) is 12.3 Å². The van der Waals surface area contributed by atoms with E-state index >= 15 is 0 Å². The molecular formula is C29H25N3O4. The number of aromatic nitrogens is 2. The smallest absolute Gasteiger partial charge is 0.259 e. The number of pyridine rings is 1. The van der Waals surface area contributed by atoms with Gasteiger partial charge in [0.15, 0.2) is 0 Å². The number of ether oxygens (including phenoxy) is 2. The van der Waals surface area contributed by atoms with Gasteiger partial charge in [0.25, 0.3) is 5.91 Å². The number of nitrogens with zero attached hydrogens (tertiary/aromatic N) is 2. The number of carbonyl (C=O) groups excluding carboxylic acids is 1. The number of amides is 1. The predicted molar refractivity (Wildman–Crippen MR) is 137 cm³/mol. The van der Waals surface area contributed by atoms with Gasteiger partial charge in [-0.05, 0) is 61.0 Å². The average Bonchev–Trinajstić information content (AvgIpc) is 3.23. The zero-order chi connectivity index (χ0) is 24.9. The number of aryl methyl sites for hydroxylation is 2. The normalized spacial score (nSPS) is 10.8. The molecule has 5 rings (SSSR count). The number of rotatable bonds is 8. The van der Waals surface area contributed by atoms with E-state index in [0.29, 0.717) is 35.1 Å². The SMILES string of the molecule is Cc1noc(C)c1COc1cc2ccccc2cc1C(=O)Nc1cccc(OCc2ccccn2)c1. The van der Waals surface area contributed by atoms with E-state index in [9.17, 15) is 4.79 Å². The Balaban J connectivity index is 1.37. The van der Waals surface area contributed by atoms with Gasteiger partial charge in [0.2, 0.25) is 0 Å². The van der Waals surface area contributed by atoms with Gasteiger partial charge in [-0.1, -0.05) is 41.6 Å². The summed E-state index contributed by atoms with van der Waals surface area (Å²) in [5.74, 6) is 1.53. The number of fused-ring (bicyclic) bond motifs is 1. The Morgan fingerprint density at radius 1 is 0.889 bits per heavy atom. The van der Waals surface area contributed by atoms with Crippen LogP contribution >= 0.6 is 0 Å². The maximum Gasteiger partial charge on any atom is 0.259 e. The van der Waals surface area contributed by atoms with Gasteiger partial charge in [0.1, 0.15) is 30.5 Å². The van der Waals surface area contributed by atoms with Crippen molar-refractivity contribution in [3.8, 4) is 11.5 Å². The van der Waals surface area contributed by atoms with E-state index in [1.807, 2.05) is 86.6 Å². The van der Waals surface area contributed by atoms with Crippen LogP contribution in [-0.4, -0.2) is 16.0 Å². The molecule has 1 amide bonds. The van der Waals surface area contributed by atoms with Crippen molar-refractivity contribution in [2.75, 3.05) is 5.32 Å². The van der Waals surface area contributed by atoms with Gasteiger partial charge < -0.3 is 19.3 Å². The Labute approximate surface area is 208 Å². The van der Waals surface area contributed by atoms with E-state index in [-0.39, 0.29) is 12.5 Å². The van der Waals surface area contributed by atoms with Gasteiger partial charge in [0, 0.05) is 18.0 Å². The topological polar surface area (TPSA) is 86.5 Å². The third kappa shape index (κ3) is 5.20. The van der Waals surface area contributed by atoms with Gasteiger partial charge in [-0.3, -0.25) is 9.78 Å². The largest absolute Gasteiger partial charge is 0.488 e. The van der Waals surface area contributed by atoms with Crippen LogP contribution < -0.4 is 14.8 Å². The number of anilines is 1. The molecule has 0 saturated heterocycles. The molecule has 0 saturated carbocycles. The Bertz CT molecular complexity index is 1490. The lowest BCUT2D eigenvalue weighted by molar-refractivity contribution is 0.102. The molecule has 0 bridgehead atoms. The van der Waals surface area contributed by atoms with Crippen molar-refractivity contribution in [3.63, 3.8) is 0 Å². The van der Waals surface area contributed by atoms with Crippen LogP contribution in [0.4, 0.5) is 5.69 Å². The second kappa shape index (κ2) is 10.3. The van der Waals surface area contributed by atoms with Gasteiger partial charge in [-0.15, -0.1) is 0 Å². The molecule has 36 heavy (non-hydrogen) atoms. The van der Waals surface area contributed by atoms with Gasteiger partial charge >= 0.3 is 0 Å². The summed E-state index contributed by atoms with van der Waals surface area (Å²) in [5, 5.41) is 8.88. The molecule has 0 aliphatic carbocycles. The molecule has 1 N–H and O–H groups in total. The first-order valence-electron chi connectivity index (χ1n) is 11.6. The van der Waals surface area contributed by atoms with Gasteiger partial charge in [-0.2, -0.15) is 0 Å². The summed E-state index contributed by atoms with van der Waals surface area (Å²) in [7, 11) is 0. The Morgan fingerprint density at radius 2 is 1.69 bits per heavy atom. The molecule has 0 unspecified atom stereocenters. The summed E-state index contributed by atoms with van der Waals surface area (Å²) >= 11 is 0. The highest BCUT2D eigenvalue weighted by atomic mass is 16.5. The maximum absolute atomic E-state index is 13.4. The second-order valence-corrected chi connectivity index (χ2v) is 8.38. The minimum atomic E-state index is -0.281. The van der Waals surface area contributed by atoms with Crippen LogP contribution in [0.5, 0.6) is 11.5 Å². The highest BCUT2D eigenvalue weighted by Crippen LogP contribution is 2.29. The van der Waals surface area contributed by atoms with Gasteiger partial charge in [-0.25, -0.2) is 0 Å². The highest BCUT2D eigenvalue weighted by molar-refractivity contribution is 6.08. The van der Waals surface area contributed by atoms with Crippen LogP contribution in [-0.2, 0) is 13.2 Å². The lowest BCUT2D eigenvalue weighted by Gasteiger charge is -2.14. The summed E-state index contributed by atoms with van der Waals surface area (Å²) in [6.45, 7) is 4.29. The number of hydrogen-bond donors (Lipinski definition) is 1. The Kier molecular flexibility index (Phi) is 6.62. The summed E-state index contributed by atoms with van der Waals surface area (Å²) < 4.78 is 17.2. The molecule has 5 aromatic rings. The summed E-state index contributed by atoms with van der Waals surface area (Å²) in [6, 6.07) is 24.5. The van der Waals surface area contributed by atoms with Crippen LogP contribution in [0.1, 0.15) is 33.1 Å². The van der Waals surface area contributed by atoms with Crippen LogP contribution in [0.3, 0.4) is 0 Å². The molecule has 0 aliphatic heterocycles. The first-order chi connectivity index (χ1) is 17.6. The van der Waals surface area contributed by atoms with Crippen molar-refractivity contribution in [3.05, 3.63) is 113 Å². The predicted octanol–water partition coefficient (Wildman–Crippen LogP) is 6.25. The molecule has 0 spiro atoms. The Hall–Kier alpha value is -4.65. The van der Waals surface area contributed by atoms with E-state index < -0.39 is 0 Å². The molecule has 2 aromatic heterocycles. The molecule has 3 aromatic carbocycles. The minimum absolute atomic E-state index is 0.247. The van der Waals surface area contributed by atoms with Crippen molar-refractivity contribution in [1.29, 1.82) is 0 Å². The Morgan fingerprint density at radius 3 is 2.44 bits per heavy atom. The van der Waals surface area contributed by atoms with Crippen molar-refractivity contribution >= 4 is 22.4 Å². The summed E-state index contributed by atoms with van der Waals surface area (Å²) in [6.07, 6.45) is 1.73. The van der Waals surface area contributed by atoms with Crippen LogP contribution in [0.2, 0.25) is 0 Å². The van der Waals surface area contributed by atoms with E-state index in [0.717, 1.165) is 27.7 Å². The number of carbonyl (C=O) groups is 1. The lowest BCUT2D eigenvalue weighted by atomic mass is 10.0. The number of hydrogen-bond acceptors (Lipinski definition) is 6. The monoisotopic (exact) mass is 479 g/mol. The average molecular weight is 480 g/mol. The standard InChI is InChI=1S/C29H25N3O4/c1-19-27(20(2)36-32-19)18-35-28-15-22-9-4-3-8-21(22)14-26(28)29(33)31-23-11-7-12-25(16-23)34-17-24-10-5-6-13-30-24/h3-16H,17-18H2,1-2H3,(H,31,33). The molecule has 7 heteroatoms.